The van der Waals surface area contributed by atoms with Crippen molar-refractivity contribution in [3.63, 3.8) is 0 Å². The van der Waals surface area contributed by atoms with Gasteiger partial charge in [0.2, 0.25) is 5.91 Å². The molecule has 0 aliphatic heterocycles. The highest BCUT2D eigenvalue weighted by Gasteiger charge is 2.03. The lowest BCUT2D eigenvalue weighted by Gasteiger charge is -2.06. The normalized spacial score (nSPS) is 10.5. The highest BCUT2D eigenvalue weighted by atomic mass is 16.1. The summed E-state index contributed by atoms with van der Waals surface area (Å²) in [6.07, 6.45) is 3.32. The molecule has 1 rings (SSSR count). The number of aromatic amines is 1. The standard InChI is InChI=1S/C11H18N2O/c1-9(2)5-7-13-11(14)8-10-4-3-6-12-10/h3-4,6,9,12H,5,7-8H2,1-2H3,(H,13,14). The molecule has 1 heterocycles. The van der Waals surface area contributed by atoms with Crippen LogP contribution in [0.3, 0.4) is 0 Å². The Kier molecular flexibility index (Phi) is 4.23. The van der Waals surface area contributed by atoms with Gasteiger partial charge < -0.3 is 10.3 Å². The van der Waals surface area contributed by atoms with Crippen molar-refractivity contribution in [3.05, 3.63) is 24.0 Å². The van der Waals surface area contributed by atoms with Crippen molar-refractivity contribution in [3.8, 4) is 0 Å². The van der Waals surface area contributed by atoms with Crippen LogP contribution in [0.1, 0.15) is 26.0 Å². The molecule has 0 saturated carbocycles. The first kappa shape index (κ1) is 10.8. The van der Waals surface area contributed by atoms with Crippen LogP contribution in [-0.2, 0) is 11.2 Å². The largest absolute Gasteiger partial charge is 0.365 e. The van der Waals surface area contributed by atoms with Crippen LogP contribution in [-0.4, -0.2) is 17.4 Å². The molecule has 0 saturated heterocycles. The van der Waals surface area contributed by atoms with Gasteiger partial charge in [-0.05, 0) is 24.5 Å². The maximum absolute atomic E-state index is 11.4. The molecule has 0 bridgehead atoms. The van der Waals surface area contributed by atoms with E-state index in [9.17, 15) is 4.79 Å². The van der Waals surface area contributed by atoms with Crippen molar-refractivity contribution < 1.29 is 4.79 Å². The molecule has 1 amide bonds. The second-order valence-corrected chi connectivity index (χ2v) is 3.90. The maximum Gasteiger partial charge on any atom is 0.225 e. The zero-order valence-electron chi connectivity index (χ0n) is 8.84. The number of carbonyl (C=O) groups is 1. The molecule has 0 unspecified atom stereocenters. The average Bonchev–Trinajstić information content (AvgIpc) is 2.56. The Labute approximate surface area is 84.9 Å². The van der Waals surface area contributed by atoms with Gasteiger partial charge >= 0.3 is 0 Å². The summed E-state index contributed by atoms with van der Waals surface area (Å²) in [6, 6.07) is 3.82. The summed E-state index contributed by atoms with van der Waals surface area (Å²) >= 11 is 0. The maximum atomic E-state index is 11.4. The van der Waals surface area contributed by atoms with E-state index in [0.29, 0.717) is 12.3 Å². The Bertz CT molecular complexity index is 265. The van der Waals surface area contributed by atoms with Crippen LogP contribution in [0.2, 0.25) is 0 Å². The van der Waals surface area contributed by atoms with E-state index >= 15 is 0 Å². The molecule has 78 valence electrons. The molecule has 1 aromatic rings. The highest BCUT2D eigenvalue weighted by Crippen LogP contribution is 1.98. The van der Waals surface area contributed by atoms with E-state index in [1.165, 1.54) is 0 Å². The van der Waals surface area contributed by atoms with Crippen LogP contribution in [0.25, 0.3) is 0 Å². The van der Waals surface area contributed by atoms with E-state index in [4.69, 9.17) is 0 Å². The summed E-state index contributed by atoms with van der Waals surface area (Å²) in [5.74, 6) is 0.730. The first-order valence-corrected chi connectivity index (χ1v) is 5.07. The van der Waals surface area contributed by atoms with Gasteiger partial charge in [0.25, 0.3) is 0 Å². The Balaban J connectivity index is 2.17. The van der Waals surface area contributed by atoms with Gasteiger partial charge in [-0.15, -0.1) is 0 Å². The molecular weight excluding hydrogens is 176 g/mol. The van der Waals surface area contributed by atoms with E-state index in [1.54, 1.807) is 0 Å². The van der Waals surface area contributed by atoms with Gasteiger partial charge in [-0.2, -0.15) is 0 Å². The number of hydrogen-bond donors (Lipinski definition) is 2. The molecule has 0 radical (unpaired) electrons. The van der Waals surface area contributed by atoms with Crippen molar-refractivity contribution in [1.29, 1.82) is 0 Å². The van der Waals surface area contributed by atoms with E-state index in [0.717, 1.165) is 18.7 Å². The van der Waals surface area contributed by atoms with Crippen LogP contribution in [0.5, 0.6) is 0 Å². The monoisotopic (exact) mass is 194 g/mol. The van der Waals surface area contributed by atoms with Crippen LogP contribution >= 0.6 is 0 Å². The number of nitrogens with one attached hydrogen (secondary N) is 2. The summed E-state index contributed by atoms with van der Waals surface area (Å²) in [5.41, 5.74) is 0.965. The summed E-state index contributed by atoms with van der Waals surface area (Å²) in [7, 11) is 0. The molecule has 1 aromatic heterocycles. The lowest BCUT2D eigenvalue weighted by molar-refractivity contribution is -0.120. The quantitative estimate of drug-likeness (QED) is 0.736. The zero-order chi connectivity index (χ0) is 10.4. The number of amides is 1. The molecular formula is C11H18N2O. The summed E-state index contributed by atoms with van der Waals surface area (Å²) in [6.45, 7) is 5.07. The fraction of sp³-hybridized carbons (Fsp3) is 0.545. The third kappa shape index (κ3) is 4.12. The van der Waals surface area contributed by atoms with E-state index < -0.39 is 0 Å². The number of carbonyl (C=O) groups excluding carboxylic acids is 1. The predicted octanol–water partition coefficient (Wildman–Crippen LogP) is 1.72. The molecule has 0 atom stereocenters. The molecule has 0 aromatic carbocycles. The van der Waals surface area contributed by atoms with Gasteiger partial charge in [-0.1, -0.05) is 13.8 Å². The lowest BCUT2D eigenvalue weighted by Crippen LogP contribution is -2.26. The Hall–Kier alpha value is -1.25. The van der Waals surface area contributed by atoms with Gasteiger partial charge in [0.15, 0.2) is 0 Å². The first-order valence-electron chi connectivity index (χ1n) is 5.07. The van der Waals surface area contributed by atoms with Crippen LogP contribution < -0.4 is 5.32 Å². The average molecular weight is 194 g/mol. The van der Waals surface area contributed by atoms with E-state index in [2.05, 4.69) is 24.1 Å². The Morgan fingerprint density at radius 3 is 2.93 bits per heavy atom. The molecule has 2 N–H and O–H groups in total. The smallest absolute Gasteiger partial charge is 0.225 e. The summed E-state index contributed by atoms with van der Waals surface area (Å²) in [5, 5.41) is 2.89. The van der Waals surface area contributed by atoms with Gasteiger partial charge in [-0.25, -0.2) is 0 Å². The topological polar surface area (TPSA) is 44.9 Å². The Morgan fingerprint density at radius 2 is 2.36 bits per heavy atom. The number of rotatable bonds is 5. The minimum absolute atomic E-state index is 0.0908. The van der Waals surface area contributed by atoms with Crippen molar-refractivity contribution in [2.45, 2.75) is 26.7 Å². The number of hydrogen-bond acceptors (Lipinski definition) is 1. The van der Waals surface area contributed by atoms with E-state index in [-0.39, 0.29) is 5.91 Å². The van der Waals surface area contributed by atoms with Crippen LogP contribution in [0.4, 0.5) is 0 Å². The zero-order valence-corrected chi connectivity index (χ0v) is 8.84. The fourth-order valence-corrected chi connectivity index (χ4v) is 1.21. The molecule has 3 heteroatoms. The van der Waals surface area contributed by atoms with Crippen LogP contribution in [0.15, 0.2) is 18.3 Å². The Morgan fingerprint density at radius 1 is 1.57 bits per heavy atom. The molecule has 0 fully saturated rings. The fourth-order valence-electron chi connectivity index (χ4n) is 1.21. The number of H-pyrrole nitrogens is 1. The molecule has 3 nitrogen and oxygen atoms in total. The predicted molar refractivity (Wildman–Crippen MR) is 57.0 cm³/mol. The summed E-state index contributed by atoms with van der Waals surface area (Å²) < 4.78 is 0. The molecule has 14 heavy (non-hydrogen) atoms. The van der Waals surface area contributed by atoms with Gasteiger partial charge in [0.1, 0.15) is 0 Å². The van der Waals surface area contributed by atoms with Gasteiger partial charge in [0, 0.05) is 18.4 Å². The lowest BCUT2D eigenvalue weighted by atomic mass is 10.1. The second kappa shape index (κ2) is 5.47. The van der Waals surface area contributed by atoms with E-state index in [1.807, 2.05) is 18.3 Å². The minimum atomic E-state index is 0.0908. The highest BCUT2D eigenvalue weighted by molar-refractivity contribution is 5.78. The molecule has 0 aliphatic carbocycles. The number of aromatic nitrogens is 1. The van der Waals surface area contributed by atoms with Crippen molar-refractivity contribution >= 4 is 5.91 Å². The SMILES string of the molecule is CC(C)CCNC(=O)Cc1ccc[nH]1. The summed E-state index contributed by atoms with van der Waals surface area (Å²) in [4.78, 5) is 14.4. The van der Waals surface area contributed by atoms with Crippen molar-refractivity contribution in [2.24, 2.45) is 5.92 Å². The third-order valence-corrected chi connectivity index (χ3v) is 2.06. The van der Waals surface area contributed by atoms with Crippen molar-refractivity contribution in [1.82, 2.24) is 10.3 Å². The third-order valence-electron chi connectivity index (χ3n) is 2.06. The minimum Gasteiger partial charge on any atom is -0.365 e. The first-order chi connectivity index (χ1) is 6.68. The molecule has 0 aliphatic rings. The second-order valence-electron chi connectivity index (χ2n) is 3.90. The van der Waals surface area contributed by atoms with Crippen molar-refractivity contribution in [2.75, 3.05) is 6.54 Å². The molecule has 0 spiro atoms. The van der Waals surface area contributed by atoms with Gasteiger partial charge in [-0.3, -0.25) is 4.79 Å². The van der Waals surface area contributed by atoms with Gasteiger partial charge in [0.05, 0.1) is 6.42 Å². The van der Waals surface area contributed by atoms with Crippen LogP contribution in [0, 0.1) is 5.92 Å².